The van der Waals surface area contributed by atoms with Gasteiger partial charge in [-0.15, -0.1) is 13.2 Å². The molecule has 3 aliphatic heterocycles. The van der Waals surface area contributed by atoms with Crippen LogP contribution in [0.25, 0.3) is 0 Å². The molecule has 1 aromatic rings. The minimum absolute atomic E-state index is 0.0834. The molecule has 0 aromatic heterocycles. The number of nitrogens with one attached hydrogen (secondary N) is 1. The summed E-state index contributed by atoms with van der Waals surface area (Å²) in [6.45, 7) is 13.7. The molecule has 0 radical (unpaired) electrons. The summed E-state index contributed by atoms with van der Waals surface area (Å²) < 4.78 is 12.8. The number of carbonyl (C=O) groups is 4. The van der Waals surface area contributed by atoms with E-state index in [4.69, 9.17) is 9.47 Å². The van der Waals surface area contributed by atoms with E-state index < -0.39 is 47.7 Å². The lowest BCUT2D eigenvalue weighted by Crippen LogP contribution is -2.58. The molecule has 1 unspecified atom stereocenters. The fraction of sp³-hybridized carbons (Fsp3) is 0.600. The Labute approximate surface area is 266 Å². The van der Waals surface area contributed by atoms with Crippen molar-refractivity contribution in [3.63, 3.8) is 0 Å². The van der Waals surface area contributed by atoms with Gasteiger partial charge in [-0.3, -0.25) is 19.2 Å². The maximum Gasteiger partial charge on any atom is 0.313 e. The molecule has 3 aliphatic rings. The number of hydrogen-bond donors (Lipinski definition) is 2. The highest BCUT2D eigenvalue weighted by atomic mass is 16.6. The number of ether oxygens (including phenoxy) is 2. The summed E-state index contributed by atoms with van der Waals surface area (Å²) in [4.78, 5) is 58.6. The van der Waals surface area contributed by atoms with Gasteiger partial charge in [0.1, 0.15) is 17.7 Å². The van der Waals surface area contributed by atoms with Gasteiger partial charge >= 0.3 is 5.97 Å². The Morgan fingerprint density at radius 1 is 1.22 bits per heavy atom. The predicted octanol–water partition coefficient (Wildman–Crippen LogP) is 3.70. The first kappa shape index (κ1) is 34.4. The van der Waals surface area contributed by atoms with E-state index >= 15 is 0 Å². The number of aliphatic hydroxyl groups excluding tert-OH is 1. The molecule has 3 fully saturated rings. The van der Waals surface area contributed by atoms with Gasteiger partial charge in [-0.05, 0) is 51.5 Å². The third-order valence-corrected chi connectivity index (χ3v) is 9.50. The molecule has 10 nitrogen and oxygen atoms in total. The smallest absolute Gasteiger partial charge is 0.313 e. The summed E-state index contributed by atoms with van der Waals surface area (Å²) in [7, 11) is 0. The lowest BCUT2D eigenvalue weighted by molar-refractivity contribution is -0.162. The van der Waals surface area contributed by atoms with Crippen LogP contribution in [-0.4, -0.2) is 88.1 Å². The van der Waals surface area contributed by atoms with Crippen LogP contribution < -0.4 is 5.32 Å². The van der Waals surface area contributed by atoms with Gasteiger partial charge in [0, 0.05) is 32.2 Å². The number of benzene rings is 1. The topological polar surface area (TPSA) is 125 Å². The summed E-state index contributed by atoms with van der Waals surface area (Å²) in [5, 5.41) is 12.6. The molecule has 3 heterocycles. The average Bonchev–Trinajstić information content (AvgIpc) is 3.67. The van der Waals surface area contributed by atoms with Gasteiger partial charge in [0.25, 0.3) is 0 Å². The van der Waals surface area contributed by atoms with E-state index in [1.165, 1.54) is 4.90 Å². The van der Waals surface area contributed by atoms with Gasteiger partial charge in [0.15, 0.2) is 0 Å². The highest BCUT2D eigenvalue weighted by Gasteiger charge is 2.75. The Kier molecular flexibility index (Phi) is 11.6. The van der Waals surface area contributed by atoms with Crippen LogP contribution in [0.5, 0.6) is 0 Å². The van der Waals surface area contributed by atoms with E-state index in [1.807, 2.05) is 37.3 Å². The first-order valence-corrected chi connectivity index (χ1v) is 16.3. The lowest BCUT2D eigenvalue weighted by atomic mass is 9.70. The molecule has 0 aliphatic carbocycles. The monoisotopic (exact) mass is 623 g/mol. The number of likely N-dealkylation sites (tertiary alicyclic amines) is 1. The lowest BCUT2D eigenvalue weighted by Gasteiger charge is -2.39. The van der Waals surface area contributed by atoms with Crippen molar-refractivity contribution in [1.82, 2.24) is 15.1 Å². The van der Waals surface area contributed by atoms with Crippen LogP contribution in [0.2, 0.25) is 0 Å². The molecule has 246 valence electrons. The largest absolute Gasteiger partial charge is 0.455 e. The van der Waals surface area contributed by atoms with Crippen LogP contribution in [0.4, 0.5) is 0 Å². The highest BCUT2D eigenvalue weighted by Crippen LogP contribution is 2.59. The number of allylic oxidation sites excluding steroid dienone is 1. The fourth-order valence-electron chi connectivity index (χ4n) is 7.48. The van der Waals surface area contributed by atoms with Gasteiger partial charge < -0.3 is 29.7 Å². The second-order valence-electron chi connectivity index (χ2n) is 12.5. The normalized spacial score (nSPS) is 26.9. The van der Waals surface area contributed by atoms with Gasteiger partial charge in [0.05, 0.1) is 24.0 Å². The summed E-state index contributed by atoms with van der Waals surface area (Å²) >= 11 is 0. The van der Waals surface area contributed by atoms with E-state index in [0.717, 1.165) is 12.8 Å². The molecule has 1 aromatic carbocycles. The average molecular weight is 624 g/mol. The second-order valence-corrected chi connectivity index (χ2v) is 12.5. The van der Waals surface area contributed by atoms with E-state index in [-0.39, 0.29) is 43.3 Å². The minimum atomic E-state index is -1.17. The number of aliphatic hydroxyl groups is 1. The first-order chi connectivity index (χ1) is 21.6. The quantitative estimate of drug-likeness (QED) is 0.200. The minimum Gasteiger partial charge on any atom is -0.455 e. The molecular weight excluding hydrogens is 574 g/mol. The van der Waals surface area contributed by atoms with Crippen molar-refractivity contribution < 1.29 is 33.8 Å². The van der Waals surface area contributed by atoms with Crippen LogP contribution >= 0.6 is 0 Å². The van der Waals surface area contributed by atoms with Crippen molar-refractivity contribution in [3.05, 3.63) is 61.2 Å². The maximum atomic E-state index is 14.4. The Balaban J connectivity index is 1.65. The van der Waals surface area contributed by atoms with Gasteiger partial charge in [0.2, 0.25) is 17.7 Å². The van der Waals surface area contributed by atoms with Gasteiger partial charge in [-0.1, -0.05) is 55.8 Å². The zero-order valence-corrected chi connectivity index (χ0v) is 26.9. The van der Waals surface area contributed by atoms with E-state index in [9.17, 15) is 24.3 Å². The Hall–Kier alpha value is -3.50. The third kappa shape index (κ3) is 6.87. The molecule has 2 bridgehead atoms. The molecule has 3 saturated heterocycles. The Morgan fingerprint density at radius 2 is 1.96 bits per heavy atom. The molecule has 3 amide bonds. The number of amides is 3. The Morgan fingerprint density at radius 3 is 2.60 bits per heavy atom. The molecular formula is C35H49N3O7. The van der Waals surface area contributed by atoms with Crippen LogP contribution in [0.3, 0.4) is 0 Å². The number of nitrogens with zero attached hydrogens (tertiary/aromatic N) is 2. The third-order valence-electron chi connectivity index (χ3n) is 9.50. The molecule has 10 heteroatoms. The summed E-state index contributed by atoms with van der Waals surface area (Å²) in [6, 6.07) is 7.64. The fourth-order valence-corrected chi connectivity index (χ4v) is 7.48. The number of rotatable bonds is 17. The number of fused-ring (bicyclic) bond motifs is 1. The molecule has 4 rings (SSSR count). The summed E-state index contributed by atoms with van der Waals surface area (Å²) in [6.07, 6.45) is 5.70. The first-order valence-electron chi connectivity index (χ1n) is 16.3. The zero-order chi connectivity index (χ0) is 32.7. The van der Waals surface area contributed by atoms with Crippen LogP contribution in [0, 0.1) is 11.8 Å². The standard InChI is InChI=1S/C35H49N3O7/c1-6-9-17-27(40)36-24(5)30(25-15-11-10-12-16-25)44-34(43)28-26-18-19-35(45-26)29(28)32(41)38(21-13-22-39)31(35)33(42)37(20-8-3)23(4)14-7-2/h6,8,10-12,15-16,23-24,26,28-31,39H,1,3,7,9,13-14,17-22H2,2,4-5H3,(H,36,40)/t23?,24-,26-,28+,29+,30-,31-,35+/m0/s1. The van der Waals surface area contributed by atoms with Crippen LogP contribution in [0.1, 0.15) is 77.4 Å². The summed E-state index contributed by atoms with van der Waals surface area (Å²) in [5.74, 6) is -3.12. The molecule has 1 spiro atoms. The molecule has 45 heavy (non-hydrogen) atoms. The maximum absolute atomic E-state index is 14.4. The summed E-state index contributed by atoms with van der Waals surface area (Å²) in [5.41, 5.74) is -0.461. The number of carbonyl (C=O) groups excluding carboxylic acids is 4. The number of hydrogen-bond acceptors (Lipinski definition) is 7. The van der Waals surface area contributed by atoms with Gasteiger partial charge in [-0.25, -0.2) is 0 Å². The molecule has 2 N–H and O–H groups in total. The van der Waals surface area contributed by atoms with E-state index in [1.54, 1.807) is 24.0 Å². The van der Waals surface area contributed by atoms with Crippen molar-refractivity contribution in [2.75, 3.05) is 19.7 Å². The van der Waals surface area contributed by atoms with Crippen molar-refractivity contribution in [3.8, 4) is 0 Å². The van der Waals surface area contributed by atoms with Crippen molar-refractivity contribution in [2.45, 2.75) is 102 Å². The van der Waals surface area contributed by atoms with Crippen molar-refractivity contribution in [1.29, 1.82) is 0 Å². The highest BCUT2D eigenvalue weighted by molar-refractivity contribution is 5.98. The molecule has 8 atom stereocenters. The van der Waals surface area contributed by atoms with E-state index in [2.05, 4.69) is 25.4 Å². The van der Waals surface area contributed by atoms with Crippen molar-refractivity contribution >= 4 is 23.7 Å². The molecule has 0 saturated carbocycles. The SMILES string of the molecule is C=CCCC(=O)N[C@@H](C)[C@H](OC(=O)[C@@H]1[C@@H]2CC[C@]3(O2)[C@H](C(=O)N(CC=C)C(C)CCC)N(CCCO)C(=O)[C@@H]13)c1ccccc1. The van der Waals surface area contributed by atoms with E-state index in [0.29, 0.717) is 37.8 Å². The van der Waals surface area contributed by atoms with Crippen LogP contribution in [0.15, 0.2) is 55.6 Å². The second kappa shape index (κ2) is 15.2. The van der Waals surface area contributed by atoms with Crippen LogP contribution in [-0.2, 0) is 28.7 Å². The zero-order valence-electron chi connectivity index (χ0n) is 26.9. The van der Waals surface area contributed by atoms with Crippen molar-refractivity contribution in [2.24, 2.45) is 11.8 Å². The Bertz CT molecular complexity index is 1240. The predicted molar refractivity (Wildman–Crippen MR) is 170 cm³/mol. The van der Waals surface area contributed by atoms with Gasteiger partial charge in [-0.2, -0.15) is 0 Å². The number of esters is 1.